The molecule has 1 fully saturated rings. The lowest BCUT2D eigenvalue weighted by atomic mass is 9.76. The smallest absolute Gasteiger partial charge is 0.0700 e. The fourth-order valence-corrected chi connectivity index (χ4v) is 2.62. The molecule has 20 heavy (non-hydrogen) atoms. The topological polar surface area (TPSA) is 30.5 Å². The first-order chi connectivity index (χ1) is 9.79. The average molecular weight is 277 g/mol. The number of methoxy groups -OCH3 is 1. The summed E-state index contributed by atoms with van der Waals surface area (Å²) in [5, 5.41) is 3.61. The minimum atomic E-state index is 0.689. The van der Waals surface area contributed by atoms with Gasteiger partial charge in [0.1, 0.15) is 0 Å². The van der Waals surface area contributed by atoms with Crippen LogP contribution in [-0.2, 0) is 9.47 Å². The van der Waals surface area contributed by atoms with E-state index in [1.807, 2.05) is 0 Å². The molecule has 2 rings (SSSR count). The van der Waals surface area contributed by atoms with Crippen LogP contribution >= 0.6 is 0 Å². The Morgan fingerprint density at radius 2 is 1.85 bits per heavy atom. The first-order valence-corrected chi connectivity index (χ1v) is 7.66. The molecular formula is C17H27NO2. The number of ether oxygens (including phenoxy) is 2. The van der Waals surface area contributed by atoms with E-state index < -0.39 is 0 Å². The molecule has 0 aliphatic heterocycles. The molecular weight excluding hydrogens is 250 g/mol. The first-order valence-electron chi connectivity index (χ1n) is 7.66. The summed E-state index contributed by atoms with van der Waals surface area (Å²) in [6.07, 6.45) is 3.62. The summed E-state index contributed by atoms with van der Waals surface area (Å²) in [5.41, 5.74) is 2.84. The lowest BCUT2D eigenvalue weighted by molar-refractivity contribution is 0.0688. The van der Waals surface area contributed by atoms with Gasteiger partial charge in [0, 0.05) is 19.8 Å². The van der Waals surface area contributed by atoms with E-state index in [4.69, 9.17) is 9.47 Å². The molecule has 3 heteroatoms. The van der Waals surface area contributed by atoms with Gasteiger partial charge in [-0.25, -0.2) is 0 Å². The molecule has 1 saturated carbocycles. The van der Waals surface area contributed by atoms with Gasteiger partial charge in [0.2, 0.25) is 0 Å². The second-order valence-electron chi connectivity index (χ2n) is 5.69. The zero-order chi connectivity index (χ0) is 14.2. The predicted molar refractivity (Wildman–Crippen MR) is 82.3 cm³/mol. The Hall–Kier alpha value is -0.900. The molecule has 0 aromatic heterocycles. The normalized spacial score (nSPS) is 21.7. The van der Waals surface area contributed by atoms with Crippen LogP contribution in [0.15, 0.2) is 24.3 Å². The molecule has 1 aliphatic rings. The summed E-state index contributed by atoms with van der Waals surface area (Å²) < 4.78 is 10.4. The van der Waals surface area contributed by atoms with E-state index in [1.54, 1.807) is 7.11 Å². The molecule has 0 amide bonds. The number of hydrogen-bond donors (Lipinski definition) is 1. The van der Waals surface area contributed by atoms with Gasteiger partial charge >= 0.3 is 0 Å². The van der Waals surface area contributed by atoms with Crippen molar-refractivity contribution in [2.75, 3.05) is 33.5 Å². The van der Waals surface area contributed by atoms with Gasteiger partial charge < -0.3 is 14.8 Å². The minimum Gasteiger partial charge on any atom is -0.382 e. The fourth-order valence-electron chi connectivity index (χ4n) is 2.62. The monoisotopic (exact) mass is 277 g/mol. The molecule has 1 aliphatic carbocycles. The maximum Gasteiger partial charge on any atom is 0.0700 e. The molecule has 0 bridgehead atoms. The van der Waals surface area contributed by atoms with Crippen molar-refractivity contribution >= 4 is 0 Å². The average Bonchev–Trinajstić information content (AvgIpc) is 2.41. The summed E-state index contributed by atoms with van der Waals surface area (Å²) in [6, 6.07) is 9.68. The Balaban J connectivity index is 1.50. The van der Waals surface area contributed by atoms with Crippen LogP contribution in [0.5, 0.6) is 0 Å². The van der Waals surface area contributed by atoms with Crippen molar-refractivity contribution in [2.24, 2.45) is 0 Å². The summed E-state index contributed by atoms with van der Waals surface area (Å²) >= 11 is 0. The standard InChI is InChI=1S/C17H27NO2/c1-14-4-6-15(7-5-14)16-12-17(13-16)18-8-3-9-20-11-10-19-2/h4-7,16-18H,3,8-13H2,1-2H3. The Labute approximate surface area is 122 Å². The van der Waals surface area contributed by atoms with Gasteiger partial charge in [-0.05, 0) is 44.2 Å². The third-order valence-electron chi connectivity index (χ3n) is 4.02. The van der Waals surface area contributed by atoms with E-state index in [2.05, 4.69) is 36.5 Å². The SMILES string of the molecule is COCCOCCCNC1CC(c2ccc(C)cc2)C1. The van der Waals surface area contributed by atoms with Crippen LogP contribution in [0.1, 0.15) is 36.3 Å². The zero-order valence-electron chi connectivity index (χ0n) is 12.7. The largest absolute Gasteiger partial charge is 0.382 e. The van der Waals surface area contributed by atoms with Crippen molar-refractivity contribution < 1.29 is 9.47 Å². The maximum atomic E-state index is 5.44. The Bertz CT molecular complexity index is 371. The predicted octanol–water partition coefficient (Wildman–Crippen LogP) is 2.88. The van der Waals surface area contributed by atoms with Crippen LogP contribution in [0.25, 0.3) is 0 Å². The molecule has 0 atom stereocenters. The van der Waals surface area contributed by atoms with Crippen LogP contribution in [0.4, 0.5) is 0 Å². The molecule has 1 N–H and O–H groups in total. The molecule has 0 radical (unpaired) electrons. The van der Waals surface area contributed by atoms with Gasteiger partial charge in [-0.2, -0.15) is 0 Å². The fraction of sp³-hybridized carbons (Fsp3) is 0.647. The minimum absolute atomic E-state index is 0.689. The van der Waals surface area contributed by atoms with Crippen molar-refractivity contribution in [1.29, 1.82) is 0 Å². The van der Waals surface area contributed by atoms with E-state index in [0.29, 0.717) is 19.3 Å². The summed E-state index contributed by atoms with van der Waals surface area (Å²) in [5.74, 6) is 0.756. The van der Waals surface area contributed by atoms with E-state index in [1.165, 1.54) is 24.0 Å². The van der Waals surface area contributed by atoms with Gasteiger partial charge in [-0.3, -0.25) is 0 Å². The van der Waals surface area contributed by atoms with Crippen LogP contribution in [0.2, 0.25) is 0 Å². The van der Waals surface area contributed by atoms with E-state index in [0.717, 1.165) is 25.5 Å². The summed E-state index contributed by atoms with van der Waals surface area (Å²) in [4.78, 5) is 0. The highest BCUT2D eigenvalue weighted by Gasteiger charge is 2.29. The highest BCUT2D eigenvalue weighted by atomic mass is 16.5. The number of hydrogen-bond acceptors (Lipinski definition) is 3. The summed E-state index contributed by atoms with van der Waals surface area (Å²) in [7, 11) is 1.70. The number of aryl methyl sites for hydroxylation is 1. The quantitative estimate of drug-likeness (QED) is 0.704. The lowest BCUT2D eigenvalue weighted by Gasteiger charge is -2.36. The van der Waals surface area contributed by atoms with Gasteiger partial charge in [0.25, 0.3) is 0 Å². The first kappa shape index (κ1) is 15.5. The number of nitrogens with one attached hydrogen (secondary N) is 1. The van der Waals surface area contributed by atoms with Gasteiger partial charge in [-0.15, -0.1) is 0 Å². The van der Waals surface area contributed by atoms with E-state index in [-0.39, 0.29) is 0 Å². The lowest BCUT2D eigenvalue weighted by Crippen LogP contribution is -2.40. The van der Waals surface area contributed by atoms with Gasteiger partial charge in [0.15, 0.2) is 0 Å². The molecule has 1 aromatic rings. The molecule has 3 nitrogen and oxygen atoms in total. The zero-order valence-corrected chi connectivity index (χ0v) is 12.7. The van der Waals surface area contributed by atoms with Crippen molar-refractivity contribution in [3.8, 4) is 0 Å². The van der Waals surface area contributed by atoms with Gasteiger partial charge in [-0.1, -0.05) is 29.8 Å². The van der Waals surface area contributed by atoms with E-state index in [9.17, 15) is 0 Å². The third kappa shape index (κ3) is 4.89. The molecule has 1 aromatic carbocycles. The highest BCUT2D eigenvalue weighted by Crippen LogP contribution is 2.36. The second-order valence-corrected chi connectivity index (χ2v) is 5.69. The van der Waals surface area contributed by atoms with E-state index >= 15 is 0 Å². The van der Waals surface area contributed by atoms with Crippen LogP contribution < -0.4 is 5.32 Å². The molecule has 0 heterocycles. The molecule has 0 spiro atoms. The Morgan fingerprint density at radius 3 is 2.55 bits per heavy atom. The molecule has 112 valence electrons. The van der Waals surface area contributed by atoms with Crippen molar-refractivity contribution in [3.63, 3.8) is 0 Å². The maximum absolute atomic E-state index is 5.44. The van der Waals surface area contributed by atoms with Crippen LogP contribution in [-0.4, -0.2) is 39.5 Å². The molecule has 0 unspecified atom stereocenters. The van der Waals surface area contributed by atoms with Crippen molar-refractivity contribution in [2.45, 2.75) is 38.1 Å². The van der Waals surface area contributed by atoms with Gasteiger partial charge in [0.05, 0.1) is 13.2 Å². The third-order valence-corrected chi connectivity index (χ3v) is 4.02. The Morgan fingerprint density at radius 1 is 1.10 bits per heavy atom. The summed E-state index contributed by atoms with van der Waals surface area (Å²) in [6.45, 7) is 5.41. The van der Waals surface area contributed by atoms with Crippen LogP contribution in [0.3, 0.4) is 0 Å². The second kappa shape index (κ2) is 8.40. The highest BCUT2D eigenvalue weighted by molar-refractivity contribution is 5.26. The molecule has 0 saturated heterocycles. The number of benzene rings is 1. The van der Waals surface area contributed by atoms with Crippen molar-refractivity contribution in [1.82, 2.24) is 5.32 Å². The Kier molecular flexibility index (Phi) is 6.51. The van der Waals surface area contributed by atoms with Crippen molar-refractivity contribution in [3.05, 3.63) is 35.4 Å². The number of rotatable bonds is 9. The van der Waals surface area contributed by atoms with Crippen LogP contribution in [0, 0.1) is 6.92 Å².